The van der Waals surface area contributed by atoms with Crippen LogP contribution in [-0.4, -0.2) is 17.3 Å². The predicted molar refractivity (Wildman–Crippen MR) is 85.4 cm³/mol. The molecule has 0 radical (unpaired) electrons. The quantitative estimate of drug-likeness (QED) is 0.607. The number of ether oxygens (including phenoxy) is 1. The summed E-state index contributed by atoms with van der Waals surface area (Å²) in [7, 11) is 0. The maximum absolute atomic E-state index is 12.1. The van der Waals surface area contributed by atoms with Gasteiger partial charge < -0.3 is 4.74 Å². The van der Waals surface area contributed by atoms with Gasteiger partial charge in [-0.15, -0.1) is 0 Å². The molecule has 1 aromatic heterocycles. The molecule has 0 atom stereocenters. The topological polar surface area (TPSA) is 31.2 Å². The summed E-state index contributed by atoms with van der Waals surface area (Å²) in [6.07, 6.45) is 3.97. The molecule has 1 aromatic carbocycles. The molecule has 0 aliphatic rings. The number of carbonyl (C=O) groups is 1. The number of carbonyl (C=O) groups excluding carboxylic acids is 1. The highest BCUT2D eigenvalue weighted by Gasteiger charge is 2.14. The third kappa shape index (κ3) is 3.66. The van der Waals surface area contributed by atoms with E-state index in [1.54, 1.807) is 11.5 Å². The van der Waals surface area contributed by atoms with Crippen molar-refractivity contribution in [1.29, 1.82) is 0 Å². The molecule has 0 bridgehead atoms. The minimum atomic E-state index is -0.364. The van der Waals surface area contributed by atoms with E-state index in [0.29, 0.717) is 12.3 Å². The Morgan fingerprint density at radius 1 is 1.24 bits per heavy atom. The number of unbranched alkanes of at least 4 members (excludes halogenated alkanes) is 3. The van der Waals surface area contributed by atoms with E-state index in [1.807, 2.05) is 30.3 Å². The molecule has 0 aliphatic heterocycles. The van der Waals surface area contributed by atoms with Gasteiger partial charge in [-0.05, 0) is 31.4 Å². The Morgan fingerprint density at radius 2 is 2.05 bits per heavy atom. The van der Waals surface area contributed by atoms with Crippen molar-refractivity contribution in [2.75, 3.05) is 6.61 Å². The van der Waals surface area contributed by atoms with E-state index in [-0.39, 0.29) is 6.09 Å². The summed E-state index contributed by atoms with van der Waals surface area (Å²) in [6, 6.07) is 9.70. The molecule has 2 rings (SSSR count). The van der Waals surface area contributed by atoms with Crippen LogP contribution >= 0.6 is 0 Å². The molecule has 2 aromatic rings. The second kappa shape index (κ2) is 7.54. The summed E-state index contributed by atoms with van der Waals surface area (Å²) in [5.41, 5.74) is 1.54. The fourth-order valence-corrected chi connectivity index (χ4v) is 2.25. The summed E-state index contributed by atoms with van der Waals surface area (Å²) in [5.74, 6) is 6.27. The predicted octanol–water partition coefficient (Wildman–Crippen LogP) is 4.58. The normalized spacial score (nSPS) is 10.2. The van der Waals surface area contributed by atoms with Crippen LogP contribution in [0.3, 0.4) is 0 Å². The van der Waals surface area contributed by atoms with Crippen molar-refractivity contribution >= 4 is 17.0 Å². The Bertz CT molecular complexity index is 673. The smallest absolute Gasteiger partial charge is 0.419 e. The van der Waals surface area contributed by atoms with Crippen molar-refractivity contribution in [2.45, 2.75) is 39.5 Å². The summed E-state index contributed by atoms with van der Waals surface area (Å²) in [6.45, 7) is 4.33. The van der Waals surface area contributed by atoms with Crippen molar-refractivity contribution in [1.82, 2.24) is 4.57 Å². The average molecular weight is 283 g/mol. The summed E-state index contributed by atoms with van der Waals surface area (Å²) < 4.78 is 6.70. The molecule has 0 amide bonds. The minimum Gasteiger partial charge on any atom is -0.449 e. The van der Waals surface area contributed by atoms with E-state index in [4.69, 9.17) is 4.74 Å². The lowest BCUT2D eigenvalue weighted by molar-refractivity contribution is 0.155. The number of fused-ring (bicyclic) bond motifs is 1. The molecule has 0 N–H and O–H groups in total. The first-order valence-corrected chi connectivity index (χ1v) is 7.54. The number of hydrogen-bond acceptors (Lipinski definition) is 2. The zero-order valence-corrected chi connectivity index (χ0v) is 12.7. The first kappa shape index (κ1) is 15.2. The Balaban J connectivity index is 2.33. The molecule has 0 unspecified atom stereocenters. The molecule has 0 aliphatic carbocycles. The van der Waals surface area contributed by atoms with Crippen LogP contribution in [0.15, 0.2) is 30.3 Å². The highest BCUT2D eigenvalue weighted by Crippen LogP contribution is 2.19. The van der Waals surface area contributed by atoms with Crippen molar-refractivity contribution in [3.63, 3.8) is 0 Å². The van der Waals surface area contributed by atoms with Gasteiger partial charge in [0.1, 0.15) is 5.69 Å². The maximum atomic E-state index is 12.1. The van der Waals surface area contributed by atoms with Gasteiger partial charge in [-0.1, -0.05) is 43.9 Å². The average Bonchev–Trinajstić information content (AvgIpc) is 2.85. The molecule has 3 heteroatoms. The fourth-order valence-electron chi connectivity index (χ4n) is 2.25. The second-order valence-corrected chi connectivity index (χ2v) is 4.88. The zero-order valence-electron chi connectivity index (χ0n) is 12.7. The Labute approximate surface area is 125 Å². The summed E-state index contributed by atoms with van der Waals surface area (Å²) in [5, 5.41) is 1.00. The van der Waals surface area contributed by atoms with Crippen molar-refractivity contribution in [3.05, 3.63) is 36.0 Å². The third-order valence-corrected chi connectivity index (χ3v) is 3.28. The SMILES string of the molecule is CCCCCC#Cc1cc2ccccc2n1C(=O)OCC. The Kier molecular flexibility index (Phi) is 5.45. The van der Waals surface area contributed by atoms with Gasteiger partial charge >= 0.3 is 6.09 Å². The van der Waals surface area contributed by atoms with Crippen molar-refractivity contribution in [3.8, 4) is 11.8 Å². The highest BCUT2D eigenvalue weighted by atomic mass is 16.5. The lowest BCUT2D eigenvalue weighted by Crippen LogP contribution is -2.14. The largest absolute Gasteiger partial charge is 0.449 e. The van der Waals surface area contributed by atoms with Crippen LogP contribution in [-0.2, 0) is 4.74 Å². The monoisotopic (exact) mass is 283 g/mol. The Morgan fingerprint density at radius 3 is 2.81 bits per heavy atom. The van der Waals surface area contributed by atoms with E-state index in [1.165, 1.54) is 12.8 Å². The molecule has 21 heavy (non-hydrogen) atoms. The van der Waals surface area contributed by atoms with E-state index in [0.717, 1.165) is 23.7 Å². The van der Waals surface area contributed by atoms with Crippen LogP contribution in [0.2, 0.25) is 0 Å². The molecule has 0 fully saturated rings. The summed E-state index contributed by atoms with van der Waals surface area (Å²) >= 11 is 0. The number of hydrogen-bond donors (Lipinski definition) is 0. The molecular weight excluding hydrogens is 262 g/mol. The number of aromatic nitrogens is 1. The van der Waals surface area contributed by atoms with Crippen LogP contribution in [0.25, 0.3) is 10.9 Å². The molecule has 0 spiro atoms. The van der Waals surface area contributed by atoms with Gasteiger partial charge in [0.15, 0.2) is 0 Å². The standard InChI is InChI=1S/C18H21NO2/c1-3-5-6-7-8-12-16-14-15-11-9-10-13-17(15)19(16)18(20)21-4-2/h9-11,13-14H,3-7H2,1-2H3. The fraction of sp³-hybridized carbons (Fsp3) is 0.389. The number of nitrogens with zero attached hydrogens (tertiary/aromatic N) is 1. The van der Waals surface area contributed by atoms with Crippen LogP contribution in [0.1, 0.15) is 45.2 Å². The van der Waals surface area contributed by atoms with Gasteiger partial charge in [0, 0.05) is 11.8 Å². The minimum absolute atomic E-state index is 0.356. The molecule has 0 saturated carbocycles. The van der Waals surface area contributed by atoms with Gasteiger partial charge in [-0.2, -0.15) is 0 Å². The molecular formula is C18H21NO2. The van der Waals surface area contributed by atoms with Crippen LogP contribution in [0.4, 0.5) is 4.79 Å². The van der Waals surface area contributed by atoms with Crippen LogP contribution in [0, 0.1) is 11.8 Å². The van der Waals surface area contributed by atoms with Gasteiger partial charge in [0.2, 0.25) is 0 Å². The Hall–Kier alpha value is -2.21. The van der Waals surface area contributed by atoms with E-state index in [9.17, 15) is 4.79 Å². The molecule has 3 nitrogen and oxygen atoms in total. The van der Waals surface area contributed by atoms with Gasteiger partial charge in [0.05, 0.1) is 12.1 Å². The van der Waals surface area contributed by atoms with Crippen LogP contribution in [0.5, 0.6) is 0 Å². The molecule has 1 heterocycles. The lowest BCUT2D eigenvalue weighted by atomic mass is 10.2. The van der Waals surface area contributed by atoms with Crippen molar-refractivity contribution in [2.24, 2.45) is 0 Å². The third-order valence-electron chi connectivity index (χ3n) is 3.28. The zero-order chi connectivity index (χ0) is 15.1. The number of para-hydroxylation sites is 1. The summed E-state index contributed by atoms with van der Waals surface area (Å²) in [4.78, 5) is 12.1. The molecule has 0 saturated heterocycles. The second-order valence-electron chi connectivity index (χ2n) is 4.88. The van der Waals surface area contributed by atoms with Crippen molar-refractivity contribution < 1.29 is 9.53 Å². The number of rotatable bonds is 4. The number of benzene rings is 1. The first-order valence-electron chi connectivity index (χ1n) is 7.54. The van der Waals surface area contributed by atoms with E-state index < -0.39 is 0 Å². The van der Waals surface area contributed by atoms with E-state index in [2.05, 4.69) is 18.8 Å². The lowest BCUT2D eigenvalue weighted by Gasteiger charge is -2.05. The molecule has 110 valence electrons. The van der Waals surface area contributed by atoms with Gasteiger partial charge in [0.25, 0.3) is 0 Å². The highest BCUT2D eigenvalue weighted by molar-refractivity contribution is 5.91. The first-order chi connectivity index (χ1) is 10.3. The maximum Gasteiger partial charge on any atom is 0.419 e. The van der Waals surface area contributed by atoms with Gasteiger partial charge in [-0.3, -0.25) is 0 Å². The van der Waals surface area contributed by atoms with Gasteiger partial charge in [-0.25, -0.2) is 9.36 Å². The van der Waals surface area contributed by atoms with E-state index >= 15 is 0 Å². The van der Waals surface area contributed by atoms with Crippen LogP contribution < -0.4 is 0 Å².